The van der Waals surface area contributed by atoms with Crippen molar-refractivity contribution in [3.63, 3.8) is 0 Å². The summed E-state index contributed by atoms with van der Waals surface area (Å²) in [5, 5.41) is 59.5. The van der Waals surface area contributed by atoms with Gasteiger partial charge in [-0.25, -0.2) is 8.78 Å². The van der Waals surface area contributed by atoms with Crippen LogP contribution in [0, 0.1) is 79.6 Å². The van der Waals surface area contributed by atoms with Crippen molar-refractivity contribution in [2.75, 3.05) is 0 Å². The van der Waals surface area contributed by atoms with Crippen LogP contribution in [-0.4, -0.2) is 0 Å². The average molecular weight is 788 g/mol. The molecule has 5 rings (SSSR count). The van der Waals surface area contributed by atoms with Crippen molar-refractivity contribution in [2.45, 2.75) is 24.7 Å². The number of hydrogen-bond acceptors (Lipinski definition) is 6. The number of rotatable bonds is 2. The van der Waals surface area contributed by atoms with Crippen LogP contribution in [0.5, 0.6) is 0 Å². The van der Waals surface area contributed by atoms with Gasteiger partial charge >= 0.3 is 24.7 Å². The van der Waals surface area contributed by atoms with E-state index < -0.39 is 137 Å². The minimum atomic E-state index is -5.55. The summed E-state index contributed by atoms with van der Waals surface area (Å²) in [7, 11) is 0. The van der Waals surface area contributed by atoms with Crippen molar-refractivity contribution in [1.82, 2.24) is 0 Å². The van der Waals surface area contributed by atoms with E-state index in [-0.39, 0.29) is 36.4 Å². The zero-order valence-electron chi connectivity index (χ0n) is 26.4. The van der Waals surface area contributed by atoms with Gasteiger partial charge in [0.1, 0.15) is 59.2 Å². The summed E-state index contributed by atoms with van der Waals surface area (Å²) >= 11 is 0. The Morgan fingerprint density at radius 1 is 0.393 bits per heavy atom. The minimum absolute atomic E-state index is 0.0109. The molecule has 0 radical (unpaired) electrons. The smallest absolute Gasteiger partial charge is 0.206 e. The summed E-state index contributed by atoms with van der Waals surface area (Å²) < 4.78 is 201. The predicted molar refractivity (Wildman–Crippen MR) is 160 cm³/mol. The number of alkyl halides is 12. The molecule has 0 spiro atoms. The lowest BCUT2D eigenvalue weighted by molar-refractivity contribution is -0.144. The fourth-order valence-corrected chi connectivity index (χ4v) is 6.15. The Labute approximate surface area is 302 Å². The molecule has 2 aliphatic rings. The van der Waals surface area contributed by atoms with E-state index in [0.29, 0.717) is 0 Å². The van der Waals surface area contributed by atoms with E-state index in [1.807, 2.05) is 0 Å². The monoisotopic (exact) mass is 788 g/mol. The van der Waals surface area contributed by atoms with Gasteiger partial charge in [-0.05, 0) is 47.5 Å². The maximum atomic E-state index is 17.1. The first-order chi connectivity index (χ1) is 25.9. The Morgan fingerprint density at radius 3 is 0.839 bits per heavy atom. The van der Waals surface area contributed by atoms with Crippen LogP contribution in [-0.2, 0) is 24.7 Å². The van der Waals surface area contributed by atoms with E-state index in [1.54, 1.807) is 0 Å². The molecule has 0 amide bonds. The number of nitrogens with zero attached hydrogens (tertiary/aromatic N) is 6. The summed E-state index contributed by atoms with van der Waals surface area (Å²) in [6, 6.07) is 6.47. The molecule has 0 N–H and O–H groups in total. The Morgan fingerprint density at radius 2 is 0.643 bits per heavy atom. The normalized spacial score (nSPS) is 13.9. The van der Waals surface area contributed by atoms with E-state index >= 15 is 8.78 Å². The van der Waals surface area contributed by atoms with Gasteiger partial charge in [0.15, 0.2) is 0 Å². The lowest BCUT2D eigenvalue weighted by atomic mass is 9.88. The number of benzene rings is 3. The van der Waals surface area contributed by atoms with Gasteiger partial charge in [0.05, 0.1) is 33.4 Å². The fourth-order valence-electron chi connectivity index (χ4n) is 6.15. The second-order valence-corrected chi connectivity index (χ2v) is 11.4. The van der Waals surface area contributed by atoms with Crippen LogP contribution >= 0.6 is 0 Å². The molecule has 0 aliphatic heterocycles. The average Bonchev–Trinajstić information content (AvgIpc) is 3.64. The molecule has 0 heterocycles. The summed E-state index contributed by atoms with van der Waals surface area (Å²) in [5.41, 5.74) is -27.0. The van der Waals surface area contributed by atoms with E-state index in [0.717, 1.165) is 0 Å². The van der Waals surface area contributed by atoms with Crippen LogP contribution in [0.25, 0.3) is 33.4 Å². The molecule has 0 saturated carbocycles. The molecule has 2 aliphatic carbocycles. The van der Waals surface area contributed by atoms with Crippen molar-refractivity contribution in [3.8, 4) is 36.4 Å². The van der Waals surface area contributed by atoms with E-state index in [9.17, 15) is 84.3 Å². The standard InChI is InChI=1S/C36H6F14N6/c37-31-27-21(11-55)23(13-1-17(33(39,40)41)5-18(2-13)34(42,43)44)25(15(7-51)8-52)29(27)32(38)28-22(12-56)24(26(30(28)31)16(9-53)10-54)14-3-19(35(45,46)47)6-20(4-14)36(48,49)50/h1-6H. The lowest BCUT2D eigenvalue weighted by Gasteiger charge is -2.16. The third kappa shape index (κ3) is 6.24. The summed E-state index contributed by atoms with van der Waals surface area (Å²) in [4.78, 5) is 0. The van der Waals surface area contributed by atoms with Gasteiger partial charge in [-0.1, -0.05) is 0 Å². The Hall–Kier alpha value is -7.42. The SMILES string of the molecule is N#CC(C#N)=C1C(c2cc(C(F)(F)F)cc(C(F)(F)F)c2)=C(C#N)c2c(F)c3c(c(F)c21)C(C#N)=C(c1cc(C(F)(F)F)cc(C(F)(F)F)c1)C3=C(C#N)C#N. The molecule has 3 aromatic carbocycles. The van der Waals surface area contributed by atoms with Crippen molar-refractivity contribution >= 4 is 33.4 Å². The Kier molecular flexibility index (Phi) is 9.35. The molecule has 0 unspecified atom stereocenters. The molecule has 0 aromatic heterocycles. The largest absolute Gasteiger partial charge is 0.416 e. The van der Waals surface area contributed by atoms with Crippen LogP contribution in [0.4, 0.5) is 61.5 Å². The van der Waals surface area contributed by atoms with Crippen molar-refractivity contribution in [1.29, 1.82) is 31.6 Å². The minimum Gasteiger partial charge on any atom is -0.206 e. The van der Waals surface area contributed by atoms with E-state index in [4.69, 9.17) is 0 Å². The van der Waals surface area contributed by atoms with Gasteiger partial charge in [-0.3, -0.25) is 0 Å². The molecule has 0 atom stereocenters. The van der Waals surface area contributed by atoms with Gasteiger partial charge in [0, 0.05) is 44.5 Å². The number of fused-ring (bicyclic) bond motifs is 2. The van der Waals surface area contributed by atoms with Gasteiger partial charge < -0.3 is 0 Å². The van der Waals surface area contributed by atoms with Crippen molar-refractivity contribution in [3.05, 3.63) is 115 Å². The molecule has 0 saturated heterocycles. The lowest BCUT2D eigenvalue weighted by Crippen LogP contribution is -2.12. The first-order valence-electron chi connectivity index (χ1n) is 14.5. The second kappa shape index (κ2) is 13.2. The highest BCUT2D eigenvalue weighted by molar-refractivity contribution is 6.30. The third-order valence-corrected chi connectivity index (χ3v) is 8.30. The molecule has 20 heteroatoms. The van der Waals surface area contributed by atoms with Crippen LogP contribution in [0.2, 0.25) is 0 Å². The quantitative estimate of drug-likeness (QED) is 0.187. The number of hydrogen-bond donors (Lipinski definition) is 0. The molecule has 278 valence electrons. The number of halogens is 14. The molecule has 0 fully saturated rings. The third-order valence-electron chi connectivity index (χ3n) is 8.30. The summed E-state index contributed by atoms with van der Waals surface area (Å²) in [6.07, 6.45) is -22.2. The zero-order valence-corrected chi connectivity index (χ0v) is 26.4. The maximum absolute atomic E-state index is 17.1. The van der Waals surface area contributed by atoms with Gasteiger partial charge in [0.2, 0.25) is 0 Å². The summed E-state index contributed by atoms with van der Waals surface area (Å²) in [5.74, 6) is -4.08. The molecular formula is C36H6F14N6. The predicted octanol–water partition coefficient (Wildman–Crippen LogP) is 10.5. The highest BCUT2D eigenvalue weighted by atomic mass is 19.4. The van der Waals surface area contributed by atoms with Crippen LogP contribution in [0.3, 0.4) is 0 Å². The van der Waals surface area contributed by atoms with Crippen LogP contribution in [0.1, 0.15) is 55.6 Å². The first kappa shape index (κ1) is 39.8. The van der Waals surface area contributed by atoms with E-state index in [2.05, 4.69) is 0 Å². The second-order valence-electron chi connectivity index (χ2n) is 11.4. The highest BCUT2D eigenvalue weighted by Gasteiger charge is 2.46. The molecule has 0 bridgehead atoms. The van der Waals surface area contributed by atoms with E-state index in [1.165, 1.54) is 36.4 Å². The van der Waals surface area contributed by atoms with Crippen molar-refractivity contribution < 1.29 is 61.5 Å². The summed E-state index contributed by atoms with van der Waals surface area (Å²) in [6.45, 7) is 0. The molecular weight excluding hydrogens is 782 g/mol. The number of allylic oxidation sites excluding steroid dienone is 8. The first-order valence-corrected chi connectivity index (χ1v) is 14.5. The molecule has 3 aromatic rings. The zero-order chi connectivity index (χ0) is 42.0. The van der Waals surface area contributed by atoms with Gasteiger partial charge in [-0.15, -0.1) is 0 Å². The molecule has 56 heavy (non-hydrogen) atoms. The molecule has 6 nitrogen and oxygen atoms in total. The Balaban J connectivity index is 2.05. The topological polar surface area (TPSA) is 143 Å². The van der Waals surface area contributed by atoms with Gasteiger partial charge in [-0.2, -0.15) is 84.3 Å². The Bertz CT molecular complexity index is 2430. The maximum Gasteiger partial charge on any atom is 0.416 e. The fraction of sp³-hybridized carbons (Fsp3) is 0.111. The van der Waals surface area contributed by atoms with Crippen LogP contribution in [0.15, 0.2) is 47.5 Å². The highest BCUT2D eigenvalue weighted by Crippen LogP contribution is 2.58. The van der Waals surface area contributed by atoms with Crippen LogP contribution < -0.4 is 0 Å². The number of nitriles is 6. The van der Waals surface area contributed by atoms with Gasteiger partial charge in [0.25, 0.3) is 0 Å². The van der Waals surface area contributed by atoms with Crippen molar-refractivity contribution in [2.24, 2.45) is 0 Å².